The van der Waals surface area contributed by atoms with Gasteiger partial charge in [0, 0.05) is 44.2 Å². The SMILES string of the molecule is CC(=O)N1CCN(C2/C(=C\c3ccccc3)C(=O)c3ccccc32)CC1. The molecule has 1 unspecified atom stereocenters. The van der Waals surface area contributed by atoms with Crippen molar-refractivity contribution in [2.24, 2.45) is 0 Å². The predicted molar refractivity (Wildman–Crippen MR) is 102 cm³/mol. The minimum atomic E-state index is -0.0342. The fraction of sp³-hybridized carbons (Fsp3) is 0.273. The van der Waals surface area contributed by atoms with Gasteiger partial charge < -0.3 is 4.90 Å². The highest BCUT2D eigenvalue weighted by atomic mass is 16.2. The van der Waals surface area contributed by atoms with Gasteiger partial charge in [-0.3, -0.25) is 14.5 Å². The molecule has 1 heterocycles. The first-order valence-corrected chi connectivity index (χ1v) is 9.05. The number of carbonyl (C=O) groups excluding carboxylic acids is 2. The number of hydrogen-bond donors (Lipinski definition) is 0. The predicted octanol–water partition coefficient (Wildman–Crippen LogP) is 3.17. The Labute approximate surface area is 153 Å². The highest BCUT2D eigenvalue weighted by molar-refractivity contribution is 6.16. The first-order chi connectivity index (χ1) is 12.6. The van der Waals surface area contributed by atoms with Crippen LogP contribution in [0.3, 0.4) is 0 Å². The normalized spacial score (nSPS) is 21.9. The lowest BCUT2D eigenvalue weighted by molar-refractivity contribution is -0.130. The van der Waals surface area contributed by atoms with E-state index in [1.54, 1.807) is 6.92 Å². The summed E-state index contributed by atoms with van der Waals surface area (Å²) in [6, 6.07) is 17.9. The number of rotatable bonds is 2. The van der Waals surface area contributed by atoms with Crippen molar-refractivity contribution in [3.63, 3.8) is 0 Å². The molecule has 4 nitrogen and oxygen atoms in total. The number of carbonyl (C=O) groups is 2. The summed E-state index contributed by atoms with van der Waals surface area (Å²) in [5, 5.41) is 0. The van der Waals surface area contributed by atoms with Crippen LogP contribution in [0.4, 0.5) is 0 Å². The Bertz CT molecular complexity index is 865. The number of ketones is 1. The van der Waals surface area contributed by atoms with Gasteiger partial charge in [0.1, 0.15) is 0 Å². The van der Waals surface area contributed by atoms with Gasteiger partial charge in [-0.05, 0) is 17.2 Å². The number of hydrogen-bond acceptors (Lipinski definition) is 3. The van der Waals surface area contributed by atoms with Crippen LogP contribution in [0, 0.1) is 0 Å². The quantitative estimate of drug-likeness (QED) is 0.784. The lowest BCUT2D eigenvalue weighted by atomic mass is 10.0. The zero-order valence-electron chi connectivity index (χ0n) is 14.9. The first-order valence-electron chi connectivity index (χ1n) is 9.05. The summed E-state index contributed by atoms with van der Waals surface area (Å²) in [5.74, 6) is 0.232. The molecule has 1 atom stereocenters. The summed E-state index contributed by atoms with van der Waals surface area (Å²) in [6.45, 7) is 4.59. The number of benzene rings is 2. The van der Waals surface area contributed by atoms with Crippen molar-refractivity contribution in [1.82, 2.24) is 9.80 Å². The minimum Gasteiger partial charge on any atom is -0.340 e. The van der Waals surface area contributed by atoms with Crippen LogP contribution < -0.4 is 0 Å². The third-order valence-electron chi connectivity index (χ3n) is 5.30. The van der Waals surface area contributed by atoms with E-state index in [4.69, 9.17) is 0 Å². The van der Waals surface area contributed by atoms with Gasteiger partial charge in [-0.1, -0.05) is 54.6 Å². The van der Waals surface area contributed by atoms with Crippen molar-refractivity contribution in [3.05, 3.63) is 76.9 Å². The van der Waals surface area contributed by atoms with E-state index >= 15 is 0 Å². The summed E-state index contributed by atoms with van der Waals surface area (Å²) in [7, 11) is 0. The summed E-state index contributed by atoms with van der Waals surface area (Å²) < 4.78 is 0. The summed E-state index contributed by atoms with van der Waals surface area (Å²) >= 11 is 0. The highest BCUT2D eigenvalue weighted by Crippen LogP contribution is 2.41. The van der Waals surface area contributed by atoms with Crippen LogP contribution in [0.15, 0.2) is 60.2 Å². The molecule has 0 saturated carbocycles. The van der Waals surface area contributed by atoms with E-state index in [1.807, 2.05) is 59.5 Å². The molecule has 2 aliphatic rings. The molecule has 0 spiro atoms. The van der Waals surface area contributed by atoms with Crippen LogP contribution in [0.25, 0.3) is 6.08 Å². The van der Waals surface area contributed by atoms with Crippen LogP contribution in [-0.2, 0) is 4.79 Å². The Morgan fingerprint density at radius 1 is 0.962 bits per heavy atom. The molecule has 1 amide bonds. The monoisotopic (exact) mass is 346 g/mol. The van der Waals surface area contributed by atoms with E-state index < -0.39 is 0 Å². The molecule has 4 rings (SSSR count). The van der Waals surface area contributed by atoms with Crippen LogP contribution in [0.5, 0.6) is 0 Å². The molecule has 4 heteroatoms. The Hall–Kier alpha value is -2.72. The average molecular weight is 346 g/mol. The number of nitrogens with zero attached hydrogens (tertiary/aromatic N) is 2. The van der Waals surface area contributed by atoms with Crippen molar-refractivity contribution in [3.8, 4) is 0 Å². The second kappa shape index (κ2) is 6.89. The topological polar surface area (TPSA) is 40.6 Å². The average Bonchev–Trinajstić information content (AvgIpc) is 2.95. The lowest BCUT2D eigenvalue weighted by Gasteiger charge is -2.38. The summed E-state index contributed by atoms with van der Waals surface area (Å²) in [4.78, 5) is 28.9. The Balaban J connectivity index is 1.70. The van der Waals surface area contributed by atoms with Crippen molar-refractivity contribution in [2.45, 2.75) is 13.0 Å². The molecule has 26 heavy (non-hydrogen) atoms. The van der Waals surface area contributed by atoms with E-state index in [1.165, 1.54) is 0 Å². The Morgan fingerprint density at radius 2 is 1.62 bits per heavy atom. The molecular formula is C22H22N2O2. The largest absolute Gasteiger partial charge is 0.340 e. The smallest absolute Gasteiger partial charge is 0.219 e. The van der Waals surface area contributed by atoms with Gasteiger partial charge in [-0.15, -0.1) is 0 Å². The van der Waals surface area contributed by atoms with Crippen molar-refractivity contribution in [2.75, 3.05) is 26.2 Å². The van der Waals surface area contributed by atoms with Crippen LogP contribution in [0.2, 0.25) is 0 Å². The third kappa shape index (κ3) is 2.97. The molecule has 0 bridgehead atoms. The van der Waals surface area contributed by atoms with Crippen molar-refractivity contribution < 1.29 is 9.59 Å². The van der Waals surface area contributed by atoms with Crippen LogP contribution in [0.1, 0.15) is 34.5 Å². The van der Waals surface area contributed by atoms with Crippen molar-refractivity contribution in [1.29, 1.82) is 0 Å². The number of fused-ring (bicyclic) bond motifs is 1. The maximum atomic E-state index is 13.1. The number of piperazine rings is 1. The van der Waals surface area contributed by atoms with E-state index in [2.05, 4.69) is 11.0 Å². The standard InChI is InChI=1S/C22H22N2O2/c1-16(25)23-11-13-24(14-12-23)21-18-9-5-6-10-19(18)22(26)20(21)15-17-7-3-2-4-8-17/h2-10,15,21H,11-14H2,1H3/b20-15+. The van der Waals surface area contributed by atoms with Gasteiger partial charge in [-0.25, -0.2) is 0 Å². The Morgan fingerprint density at radius 3 is 2.31 bits per heavy atom. The second-order valence-corrected chi connectivity index (χ2v) is 6.87. The van der Waals surface area contributed by atoms with Gasteiger partial charge in [-0.2, -0.15) is 0 Å². The van der Waals surface area contributed by atoms with Gasteiger partial charge in [0.05, 0.1) is 6.04 Å². The molecular weight excluding hydrogens is 324 g/mol. The first kappa shape index (κ1) is 16.7. The molecule has 0 radical (unpaired) electrons. The molecule has 0 N–H and O–H groups in total. The van der Waals surface area contributed by atoms with Gasteiger partial charge >= 0.3 is 0 Å². The fourth-order valence-electron chi connectivity index (χ4n) is 3.95. The Kier molecular flexibility index (Phi) is 4.43. The number of Topliss-reactive ketones (excluding diaryl/α,β-unsaturated/α-hetero) is 1. The van der Waals surface area contributed by atoms with Crippen LogP contribution >= 0.6 is 0 Å². The molecule has 1 saturated heterocycles. The zero-order chi connectivity index (χ0) is 18.1. The molecule has 1 aliphatic heterocycles. The third-order valence-corrected chi connectivity index (χ3v) is 5.30. The molecule has 1 fully saturated rings. The maximum absolute atomic E-state index is 13.1. The van der Waals surface area contributed by atoms with Crippen molar-refractivity contribution >= 4 is 17.8 Å². The molecule has 2 aromatic carbocycles. The molecule has 132 valence electrons. The van der Waals surface area contributed by atoms with Crippen LogP contribution in [-0.4, -0.2) is 47.7 Å². The zero-order valence-corrected chi connectivity index (χ0v) is 14.9. The van der Waals surface area contributed by atoms with Gasteiger partial charge in [0.25, 0.3) is 0 Å². The molecule has 1 aliphatic carbocycles. The highest BCUT2D eigenvalue weighted by Gasteiger charge is 2.39. The molecule has 2 aromatic rings. The maximum Gasteiger partial charge on any atom is 0.219 e. The minimum absolute atomic E-state index is 0.0342. The summed E-state index contributed by atoms with van der Waals surface area (Å²) in [5.41, 5.74) is 3.74. The van der Waals surface area contributed by atoms with Gasteiger partial charge in [0.2, 0.25) is 5.91 Å². The fourth-order valence-corrected chi connectivity index (χ4v) is 3.95. The molecule has 0 aromatic heterocycles. The van der Waals surface area contributed by atoms with Gasteiger partial charge in [0.15, 0.2) is 5.78 Å². The number of amides is 1. The second-order valence-electron chi connectivity index (χ2n) is 6.87. The van der Waals surface area contributed by atoms with E-state index in [0.717, 1.165) is 35.4 Å². The van der Waals surface area contributed by atoms with E-state index in [-0.39, 0.29) is 17.7 Å². The lowest BCUT2D eigenvalue weighted by Crippen LogP contribution is -2.49. The van der Waals surface area contributed by atoms with E-state index in [0.29, 0.717) is 13.1 Å². The summed E-state index contributed by atoms with van der Waals surface area (Å²) in [6.07, 6.45) is 2.02. The van der Waals surface area contributed by atoms with E-state index in [9.17, 15) is 9.59 Å².